The van der Waals surface area contributed by atoms with Crippen LogP contribution in [0.5, 0.6) is 0 Å². The van der Waals surface area contributed by atoms with Gasteiger partial charge in [0.05, 0.1) is 12.5 Å². The SMILES string of the molecule is NCC(CO)c1nn[nH]n1. The van der Waals surface area contributed by atoms with Gasteiger partial charge in [0.15, 0.2) is 5.82 Å². The van der Waals surface area contributed by atoms with Gasteiger partial charge in [0.25, 0.3) is 0 Å². The number of hydrogen-bond donors (Lipinski definition) is 3. The Morgan fingerprint density at radius 2 is 2.50 bits per heavy atom. The second-order valence-electron chi connectivity index (χ2n) is 1.89. The number of nitrogens with zero attached hydrogens (tertiary/aromatic N) is 3. The highest BCUT2D eigenvalue weighted by molar-refractivity contribution is 4.90. The van der Waals surface area contributed by atoms with E-state index in [1.165, 1.54) is 0 Å². The second kappa shape index (κ2) is 3.23. The number of nitrogens with two attached hydrogens (primary N) is 1. The predicted molar refractivity (Wildman–Crippen MR) is 33.1 cm³/mol. The molecule has 0 fully saturated rings. The van der Waals surface area contributed by atoms with Crippen molar-refractivity contribution in [1.82, 2.24) is 20.6 Å². The Labute approximate surface area is 57.4 Å². The van der Waals surface area contributed by atoms with Crippen LogP contribution in [-0.2, 0) is 0 Å². The molecule has 0 aromatic carbocycles. The van der Waals surface area contributed by atoms with E-state index in [0.29, 0.717) is 12.4 Å². The summed E-state index contributed by atoms with van der Waals surface area (Å²) < 4.78 is 0. The summed E-state index contributed by atoms with van der Waals surface area (Å²) in [4.78, 5) is 0. The molecule has 0 aliphatic carbocycles. The maximum absolute atomic E-state index is 8.70. The third-order valence-electron chi connectivity index (χ3n) is 1.23. The fourth-order valence-corrected chi connectivity index (χ4v) is 0.604. The number of H-pyrrole nitrogens is 1. The maximum atomic E-state index is 8.70. The Bertz CT molecular complexity index is 170. The molecule has 0 spiro atoms. The van der Waals surface area contributed by atoms with Gasteiger partial charge in [-0.2, -0.15) is 5.21 Å². The van der Waals surface area contributed by atoms with Crippen LogP contribution in [0.3, 0.4) is 0 Å². The van der Waals surface area contributed by atoms with Gasteiger partial charge in [0.2, 0.25) is 0 Å². The van der Waals surface area contributed by atoms with Crippen molar-refractivity contribution in [2.45, 2.75) is 5.92 Å². The van der Waals surface area contributed by atoms with Gasteiger partial charge in [-0.3, -0.25) is 0 Å². The molecule has 1 heterocycles. The second-order valence-corrected chi connectivity index (χ2v) is 1.89. The number of tetrazole rings is 1. The van der Waals surface area contributed by atoms with E-state index < -0.39 is 0 Å². The smallest absolute Gasteiger partial charge is 0.181 e. The molecule has 10 heavy (non-hydrogen) atoms. The van der Waals surface area contributed by atoms with E-state index in [0.717, 1.165) is 0 Å². The highest BCUT2D eigenvalue weighted by atomic mass is 16.3. The van der Waals surface area contributed by atoms with Gasteiger partial charge in [-0.25, -0.2) is 0 Å². The molecule has 4 N–H and O–H groups in total. The van der Waals surface area contributed by atoms with E-state index in [4.69, 9.17) is 10.8 Å². The molecule has 0 bridgehead atoms. The largest absolute Gasteiger partial charge is 0.396 e. The van der Waals surface area contributed by atoms with Crippen LogP contribution < -0.4 is 5.73 Å². The van der Waals surface area contributed by atoms with Crippen LogP contribution in [-0.4, -0.2) is 38.9 Å². The number of hydrogen-bond acceptors (Lipinski definition) is 5. The maximum Gasteiger partial charge on any atom is 0.181 e. The fourth-order valence-electron chi connectivity index (χ4n) is 0.604. The highest BCUT2D eigenvalue weighted by Crippen LogP contribution is 2.04. The molecule has 6 heteroatoms. The van der Waals surface area contributed by atoms with Gasteiger partial charge in [-0.15, -0.1) is 10.2 Å². The molecule has 0 aliphatic heterocycles. The zero-order valence-corrected chi connectivity index (χ0v) is 5.36. The van der Waals surface area contributed by atoms with Crippen molar-refractivity contribution in [3.8, 4) is 0 Å². The molecule has 1 aromatic heterocycles. The molecule has 1 rings (SSSR count). The molecule has 0 saturated carbocycles. The van der Waals surface area contributed by atoms with Crippen molar-refractivity contribution < 1.29 is 5.11 Å². The molecular formula is C4H9N5O. The van der Waals surface area contributed by atoms with Crippen LogP contribution in [0.2, 0.25) is 0 Å². The van der Waals surface area contributed by atoms with Gasteiger partial charge >= 0.3 is 0 Å². The first-order valence-corrected chi connectivity index (χ1v) is 2.92. The van der Waals surface area contributed by atoms with Gasteiger partial charge in [0.1, 0.15) is 0 Å². The van der Waals surface area contributed by atoms with Crippen LogP contribution in [0.15, 0.2) is 0 Å². The van der Waals surface area contributed by atoms with Crippen LogP contribution in [0.4, 0.5) is 0 Å². The molecule has 56 valence electrons. The van der Waals surface area contributed by atoms with Gasteiger partial charge in [-0.05, 0) is 0 Å². The lowest BCUT2D eigenvalue weighted by Crippen LogP contribution is -2.17. The van der Waals surface area contributed by atoms with Crippen LogP contribution in [0.1, 0.15) is 11.7 Å². The monoisotopic (exact) mass is 143 g/mol. The lowest BCUT2D eigenvalue weighted by Gasteiger charge is -2.03. The first-order valence-electron chi connectivity index (χ1n) is 2.92. The third-order valence-corrected chi connectivity index (χ3v) is 1.23. The Balaban J connectivity index is 2.64. The van der Waals surface area contributed by atoms with Gasteiger partial charge < -0.3 is 10.8 Å². The minimum Gasteiger partial charge on any atom is -0.396 e. The lowest BCUT2D eigenvalue weighted by molar-refractivity contribution is 0.263. The molecule has 0 amide bonds. The normalized spacial score (nSPS) is 13.4. The van der Waals surface area contributed by atoms with Crippen LogP contribution in [0.25, 0.3) is 0 Å². The third kappa shape index (κ3) is 1.28. The van der Waals surface area contributed by atoms with Crippen molar-refractivity contribution in [2.24, 2.45) is 5.73 Å². The minimum atomic E-state index is -0.196. The number of aromatic amines is 1. The summed E-state index contributed by atoms with van der Waals surface area (Å²) in [5.41, 5.74) is 5.29. The fraction of sp³-hybridized carbons (Fsp3) is 0.750. The lowest BCUT2D eigenvalue weighted by atomic mass is 10.1. The van der Waals surface area contributed by atoms with E-state index in [1.807, 2.05) is 0 Å². The van der Waals surface area contributed by atoms with E-state index >= 15 is 0 Å². The van der Waals surface area contributed by atoms with E-state index in [9.17, 15) is 0 Å². The average molecular weight is 143 g/mol. The van der Waals surface area contributed by atoms with E-state index in [1.54, 1.807) is 0 Å². The summed E-state index contributed by atoms with van der Waals surface area (Å²) in [6.45, 7) is 0.284. The molecular weight excluding hydrogens is 134 g/mol. The molecule has 0 saturated heterocycles. The van der Waals surface area contributed by atoms with Crippen molar-refractivity contribution in [3.05, 3.63) is 5.82 Å². The molecule has 0 radical (unpaired) electrons. The van der Waals surface area contributed by atoms with Crippen molar-refractivity contribution >= 4 is 0 Å². The topological polar surface area (TPSA) is 101 Å². The van der Waals surface area contributed by atoms with Crippen LogP contribution >= 0.6 is 0 Å². The summed E-state index contributed by atoms with van der Waals surface area (Å²) >= 11 is 0. The van der Waals surface area contributed by atoms with Crippen molar-refractivity contribution in [3.63, 3.8) is 0 Å². The molecule has 6 nitrogen and oxygen atoms in total. The zero-order chi connectivity index (χ0) is 7.40. The van der Waals surface area contributed by atoms with Gasteiger partial charge in [0, 0.05) is 6.54 Å². The Morgan fingerprint density at radius 1 is 1.70 bits per heavy atom. The number of aromatic nitrogens is 4. The number of aliphatic hydroxyl groups is 1. The Morgan fingerprint density at radius 3 is 2.90 bits per heavy atom. The van der Waals surface area contributed by atoms with Gasteiger partial charge in [-0.1, -0.05) is 5.21 Å². The standard InChI is InChI=1S/C4H9N5O/c5-1-3(2-10)4-6-8-9-7-4/h3,10H,1-2,5H2,(H,6,7,8,9). The molecule has 1 aromatic rings. The van der Waals surface area contributed by atoms with Crippen LogP contribution in [0, 0.1) is 0 Å². The van der Waals surface area contributed by atoms with Crippen molar-refractivity contribution in [2.75, 3.05) is 13.2 Å². The first-order chi connectivity index (χ1) is 4.88. The van der Waals surface area contributed by atoms with E-state index in [-0.39, 0.29) is 12.5 Å². The highest BCUT2D eigenvalue weighted by Gasteiger charge is 2.11. The van der Waals surface area contributed by atoms with Crippen molar-refractivity contribution in [1.29, 1.82) is 0 Å². The minimum absolute atomic E-state index is 0.0456. The molecule has 1 unspecified atom stereocenters. The summed E-state index contributed by atoms with van der Waals surface area (Å²) in [7, 11) is 0. The zero-order valence-electron chi connectivity index (χ0n) is 5.36. The Hall–Kier alpha value is -1.01. The average Bonchev–Trinajstić information content (AvgIpc) is 2.43. The summed E-state index contributed by atoms with van der Waals surface area (Å²) in [5, 5.41) is 21.7. The summed E-state index contributed by atoms with van der Waals surface area (Å²) in [6, 6.07) is 0. The quantitative estimate of drug-likeness (QED) is 0.465. The van der Waals surface area contributed by atoms with E-state index in [2.05, 4.69) is 20.6 Å². The molecule has 1 atom stereocenters. The number of nitrogens with one attached hydrogen (secondary N) is 1. The first kappa shape index (κ1) is 7.10. The Kier molecular flexibility index (Phi) is 2.30. The number of aliphatic hydroxyl groups excluding tert-OH is 1. The summed E-state index contributed by atoms with van der Waals surface area (Å²) in [5.74, 6) is 0.267. The summed E-state index contributed by atoms with van der Waals surface area (Å²) in [6.07, 6.45) is 0. The predicted octanol–water partition coefficient (Wildman–Crippen LogP) is -1.77. The molecule has 0 aliphatic rings. The number of rotatable bonds is 3.